The third-order valence-corrected chi connectivity index (χ3v) is 0.531. The van der Waals surface area contributed by atoms with Gasteiger partial charge in [-0.1, -0.05) is 4.48 Å². The maximum atomic E-state index is 11.7. The fraction of sp³-hybridized carbons (Fsp3) is 0. The van der Waals surface area contributed by atoms with Crippen molar-refractivity contribution < 1.29 is 4.48 Å². The molecule has 0 fully saturated rings. The molecule has 0 aromatic carbocycles. The molecule has 0 radical (unpaired) electrons. The molecule has 0 unspecified atom stereocenters. The zero-order chi connectivity index (χ0) is 5.11. The highest BCUT2D eigenvalue weighted by Gasteiger charge is 1.90. The van der Waals surface area contributed by atoms with Crippen molar-refractivity contribution in [1.29, 1.82) is 0 Å². The van der Waals surface area contributed by atoms with E-state index in [4.69, 9.17) is 0 Å². The highest BCUT2D eigenvalue weighted by molar-refractivity contribution is 5.70. The first-order valence-electron chi connectivity index (χ1n) is 1.81. The summed E-state index contributed by atoms with van der Waals surface area (Å²) in [6, 6.07) is 0. The second-order valence-electron chi connectivity index (χ2n) is 1.01. The first kappa shape index (κ1) is 4.11. The SMILES string of the molecule is FN1N=CC=CN1. The van der Waals surface area contributed by atoms with E-state index in [9.17, 15) is 4.48 Å². The predicted molar refractivity (Wildman–Crippen MR) is 23.7 cm³/mol. The van der Waals surface area contributed by atoms with Crippen molar-refractivity contribution in [2.75, 3.05) is 0 Å². The molecule has 0 aromatic rings. The average Bonchev–Trinajstić information content (AvgIpc) is 1.69. The molecule has 1 heterocycles. The normalized spacial score (nSPS) is 17.0. The molecule has 0 spiro atoms. The van der Waals surface area contributed by atoms with Crippen LogP contribution in [-0.2, 0) is 0 Å². The van der Waals surface area contributed by atoms with Crippen molar-refractivity contribution in [2.45, 2.75) is 0 Å². The molecule has 4 heteroatoms. The van der Waals surface area contributed by atoms with Gasteiger partial charge in [-0.15, -0.1) is 5.10 Å². The lowest BCUT2D eigenvalue weighted by molar-refractivity contribution is -0.0127. The number of allylic oxidation sites excluding steroid dienone is 1. The number of rotatable bonds is 0. The van der Waals surface area contributed by atoms with Gasteiger partial charge in [0, 0.05) is 6.20 Å². The minimum atomic E-state index is 0.125. The van der Waals surface area contributed by atoms with Crippen LogP contribution in [0.25, 0.3) is 0 Å². The summed E-state index contributed by atoms with van der Waals surface area (Å²) in [5.74, 6) is 0. The number of nitrogens with zero attached hydrogens (tertiary/aromatic N) is 2. The molecule has 38 valence electrons. The van der Waals surface area contributed by atoms with Gasteiger partial charge in [0.1, 0.15) is 0 Å². The Morgan fingerprint density at radius 1 is 1.71 bits per heavy atom. The maximum absolute atomic E-state index is 11.7. The Morgan fingerprint density at radius 3 is 2.86 bits per heavy atom. The van der Waals surface area contributed by atoms with Crippen molar-refractivity contribution in [3.05, 3.63) is 12.3 Å². The maximum Gasteiger partial charge on any atom is 0.0534 e. The Kier molecular flexibility index (Phi) is 0.934. The van der Waals surface area contributed by atoms with Crippen LogP contribution in [-0.4, -0.2) is 11.6 Å². The van der Waals surface area contributed by atoms with Crippen LogP contribution >= 0.6 is 0 Å². The molecule has 0 aliphatic carbocycles. The summed E-state index contributed by atoms with van der Waals surface area (Å²) in [5.41, 5.74) is 2.17. The van der Waals surface area contributed by atoms with E-state index in [-0.39, 0.29) is 5.34 Å². The molecule has 1 N–H and O–H groups in total. The number of hydrazone groups is 1. The van der Waals surface area contributed by atoms with Crippen molar-refractivity contribution in [1.82, 2.24) is 10.8 Å². The van der Waals surface area contributed by atoms with E-state index < -0.39 is 0 Å². The average molecular weight is 101 g/mol. The van der Waals surface area contributed by atoms with Crippen LogP contribution in [0.4, 0.5) is 4.48 Å². The first-order valence-corrected chi connectivity index (χ1v) is 1.81. The Bertz CT molecular complexity index is 109. The van der Waals surface area contributed by atoms with Gasteiger partial charge in [0.2, 0.25) is 0 Å². The Hall–Kier alpha value is -1.06. The first-order chi connectivity index (χ1) is 3.39. The second kappa shape index (κ2) is 1.59. The summed E-state index contributed by atoms with van der Waals surface area (Å²) in [5, 5.41) is 3.30. The topological polar surface area (TPSA) is 27.6 Å². The summed E-state index contributed by atoms with van der Waals surface area (Å²) < 4.78 is 11.7. The summed E-state index contributed by atoms with van der Waals surface area (Å²) in [7, 11) is 0. The molecule has 1 aliphatic heterocycles. The summed E-state index contributed by atoms with van der Waals surface area (Å²) in [6.07, 6.45) is 4.37. The van der Waals surface area contributed by atoms with Gasteiger partial charge in [0.15, 0.2) is 0 Å². The third-order valence-electron chi connectivity index (χ3n) is 0.531. The molecule has 0 amide bonds. The molecule has 0 atom stereocenters. The Morgan fingerprint density at radius 2 is 2.57 bits per heavy atom. The predicted octanol–water partition coefficient (Wildman–Crippen LogP) is 0.191. The van der Waals surface area contributed by atoms with Crippen molar-refractivity contribution >= 4 is 6.21 Å². The Balaban J connectivity index is 2.49. The van der Waals surface area contributed by atoms with Crippen LogP contribution in [0.2, 0.25) is 0 Å². The van der Waals surface area contributed by atoms with Crippen LogP contribution in [0.5, 0.6) is 0 Å². The molecule has 0 saturated carbocycles. The summed E-state index contributed by atoms with van der Waals surface area (Å²) in [6.45, 7) is 0. The summed E-state index contributed by atoms with van der Waals surface area (Å²) >= 11 is 0. The minimum absolute atomic E-state index is 0.125. The number of halogens is 1. The zero-order valence-electron chi connectivity index (χ0n) is 3.50. The van der Waals surface area contributed by atoms with Gasteiger partial charge in [-0.25, -0.2) is 0 Å². The van der Waals surface area contributed by atoms with Gasteiger partial charge in [0.25, 0.3) is 0 Å². The van der Waals surface area contributed by atoms with Gasteiger partial charge in [-0.05, 0) is 11.4 Å². The van der Waals surface area contributed by atoms with E-state index >= 15 is 0 Å². The van der Waals surface area contributed by atoms with Crippen LogP contribution in [0.1, 0.15) is 0 Å². The molecular weight excluding hydrogens is 97.1 g/mol. The van der Waals surface area contributed by atoms with Gasteiger partial charge in [-0.3, -0.25) is 5.43 Å². The quantitative estimate of drug-likeness (QED) is 0.441. The van der Waals surface area contributed by atoms with E-state index in [1.807, 2.05) is 0 Å². The van der Waals surface area contributed by atoms with Gasteiger partial charge in [0.05, 0.1) is 6.21 Å². The number of hydrogen-bond acceptors (Lipinski definition) is 3. The number of hydrogen-bond donors (Lipinski definition) is 1. The molecular formula is C3H4FN3. The molecule has 0 bridgehead atoms. The van der Waals surface area contributed by atoms with Crippen molar-refractivity contribution in [2.24, 2.45) is 5.10 Å². The zero-order valence-corrected chi connectivity index (χ0v) is 3.50. The van der Waals surface area contributed by atoms with E-state index in [1.54, 1.807) is 6.08 Å². The molecule has 0 saturated heterocycles. The smallest absolute Gasteiger partial charge is 0.0534 e. The van der Waals surface area contributed by atoms with E-state index in [0.717, 1.165) is 0 Å². The second-order valence-corrected chi connectivity index (χ2v) is 1.01. The molecule has 1 rings (SSSR count). The van der Waals surface area contributed by atoms with Gasteiger partial charge >= 0.3 is 0 Å². The van der Waals surface area contributed by atoms with Gasteiger partial charge < -0.3 is 0 Å². The lowest BCUT2D eigenvalue weighted by atomic mass is 10.7. The van der Waals surface area contributed by atoms with E-state index in [0.29, 0.717) is 0 Å². The van der Waals surface area contributed by atoms with Crippen LogP contribution in [0.15, 0.2) is 17.4 Å². The number of nitrogens with one attached hydrogen (secondary N) is 1. The van der Waals surface area contributed by atoms with Crippen molar-refractivity contribution in [3.63, 3.8) is 0 Å². The van der Waals surface area contributed by atoms with Crippen molar-refractivity contribution in [3.8, 4) is 0 Å². The monoisotopic (exact) mass is 101 g/mol. The minimum Gasteiger partial charge on any atom is -0.261 e. The fourth-order valence-electron chi connectivity index (χ4n) is 0.278. The Labute approximate surface area is 40.0 Å². The van der Waals surface area contributed by atoms with E-state index in [1.165, 1.54) is 12.4 Å². The standard InChI is InChI=1S/C3H4FN3/c4-7-5-2-1-3-6-7/h1-3,5H. The molecule has 0 aromatic heterocycles. The highest BCUT2D eigenvalue weighted by Crippen LogP contribution is 1.85. The summed E-state index contributed by atoms with van der Waals surface area (Å²) in [4.78, 5) is 0. The lowest BCUT2D eigenvalue weighted by Gasteiger charge is -2.06. The molecule has 1 aliphatic rings. The lowest BCUT2D eigenvalue weighted by Crippen LogP contribution is -2.22. The largest absolute Gasteiger partial charge is 0.261 e. The van der Waals surface area contributed by atoms with E-state index in [2.05, 4.69) is 10.5 Å². The van der Waals surface area contributed by atoms with Crippen LogP contribution < -0.4 is 5.43 Å². The highest BCUT2D eigenvalue weighted by atomic mass is 19.2. The molecule has 3 nitrogen and oxygen atoms in total. The van der Waals surface area contributed by atoms with Crippen LogP contribution in [0, 0.1) is 0 Å². The number of hydrazine groups is 1. The van der Waals surface area contributed by atoms with Gasteiger partial charge in [-0.2, -0.15) is 0 Å². The fourth-order valence-corrected chi connectivity index (χ4v) is 0.278. The third kappa shape index (κ3) is 0.887. The van der Waals surface area contributed by atoms with Crippen LogP contribution in [0.3, 0.4) is 0 Å². The molecule has 7 heavy (non-hydrogen) atoms.